The predicted octanol–water partition coefficient (Wildman–Crippen LogP) is 4.06. The van der Waals surface area contributed by atoms with Gasteiger partial charge in [-0.3, -0.25) is 0 Å². The first kappa shape index (κ1) is 23.2. The monoisotopic (exact) mass is 517 g/mol. The molecule has 33 heavy (non-hydrogen) atoms. The molecule has 14 heteroatoms. The van der Waals surface area contributed by atoms with Crippen LogP contribution in [0.3, 0.4) is 0 Å². The molecular formula is C19H12Cl2F3N5O3S. The van der Waals surface area contributed by atoms with Gasteiger partial charge in [-0.2, -0.15) is 17.9 Å². The van der Waals surface area contributed by atoms with Gasteiger partial charge in [-0.1, -0.05) is 30.1 Å². The molecule has 0 atom stereocenters. The fraction of sp³-hybridized carbons (Fsp3) is 0.158. The summed E-state index contributed by atoms with van der Waals surface area (Å²) < 4.78 is 65.8. The first-order chi connectivity index (χ1) is 15.4. The van der Waals surface area contributed by atoms with Crippen molar-refractivity contribution in [1.82, 2.24) is 24.1 Å². The van der Waals surface area contributed by atoms with Gasteiger partial charge in [0.1, 0.15) is 4.90 Å². The van der Waals surface area contributed by atoms with Crippen LogP contribution < -0.4 is 5.69 Å². The van der Waals surface area contributed by atoms with Crippen LogP contribution in [0.2, 0.25) is 10.0 Å². The van der Waals surface area contributed by atoms with Gasteiger partial charge >= 0.3 is 11.9 Å². The number of halogens is 5. The molecule has 0 unspecified atom stereocenters. The minimum Gasteiger partial charge on any atom is -0.246 e. The summed E-state index contributed by atoms with van der Waals surface area (Å²) in [7, 11) is -3.95. The number of fused-ring (bicyclic) bond motifs is 1. The number of nitrogens with zero attached hydrogens (tertiary/aromatic N) is 5. The van der Waals surface area contributed by atoms with E-state index in [4.69, 9.17) is 23.2 Å². The summed E-state index contributed by atoms with van der Waals surface area (Å²) in [6, 6.07) is 5.87. The molecule has 3 heterocycles. The van der Waals surface area contributed by atoms with Crippen molar-refractivity contribution in [3.8, 4) is 16.9 Å². The molecule has 4 rings (SSSR count). The van der Waals surface area contributed by atoms with Crippen molar-refractivity contribution in [3.05, 3.63) is 69.1 Å². The molecule has 0 saturated carbocycles. The lowest BCUT2D eigenvalue weighted by atomic mass is 10.1. The second kappa shape index (κ2) is 8.12. The molecule has 0 N–H and O–H groups in total. The molecule has 0 fully saturated rings. The van der Waals surface area contributed by atoms with E-state index in [1.807, 2.05) is 0 Å². The molecule has 0 aliphatic rings. The average molecular weight is 518 g/mol. The Balaban J connectivity index is 1.97. The molecule has 8 nitrogen and oxygen atoms in total. The highest BCUT2D eigenvalue weighted by Gasteiger charge is 2.33. The summed E-state index contributed by atoms with van der Waals surface area (Å²) in [6.07, 6.45) is -2.26. The van der Waals surface area contributed by atoms with E-state index in [1.54, 1.807) is 12.1 Å². The fourth-order valence-electron chi connectivity index (χ4n) is 3.03. The maximum Gasteiger partial charge on any atom is 0.434 e. The normalized spacial score (nSPS) is 12.4. The Morgan fingerprint density at radius 3 is 2.27 bits per heavy atom. The number of hydrogen-bond acceptors (Lipinski definition) is 6. The third-order valence-electron chi connectivity index (χ3n) is 4.64. The highest BCUT2D eigenvalue weighted by molar-refractivity contribution is 7.91. The van der Waals surface area contributed by atoms with Gasteiger partial charge in [-0.25, -0.2) is 27.6 Å². The van der Waals surface area contributed by atoms with E-state index in [-0.39, 0.29) is 22.1 Å². The van der Waals surface area contributed by atoms with E-state index in [2.05, 4.69) is 15.1 Å². The molecule has 4 aromatic rings. The summed E-state index contributed by atoms with van der Waals surface area (Å²) in [4.78, 5) is 19.8. The van der Waals surface area contributed by atoms with Crippen LogP contribution in [0.25, 0.3) is 22.6 Å². The van der Waals surface area contributed by atoms with Crippen molar-refractivity contribution in [1.29, 1.82) is 0 Å². The number of benzene rings is 1. The molecule has 0 aliphatic carbocycles. The Kier molecular flexibility index (Phi) is 5.71. The molecule has 0 spiro atoms. The van der Waals surface area contributed by atoms with Gasteiger partial charge in [0.2, 0.25) is 0 Å². The van der Waals surface area contributed by atoms with Crippen molar-refractivity contribution in [2.75, 3.05) is 5.75 Å². The number of pyridine rings is 1. The molecule has 172 valence electrons. The first-order valence-electron chi connectivity index (χ1n) is 9.15. The molecule has 3 aromatic heterocycles. The van der Waals surface area contributed by atoms with Crippen LogP contribution in [0.15, 0.2) is 52.5 Å². The fourth-order valence-corrected chi connectivity index (χ4v) is 4.59. The van der Waals surface area contributed by atoms with Gasteiger partial charge in [0.05, 0.1) is 11.9 Å². The smallest absolute Gasteiger partial charge is 0.246 e. The zero-order valence-electron chi connectivity index (χ0n) is 16.5. The third kappa shape index (κ3) is 4.33. The van der Waals surface area contributed by atoms with Crippen LogP contribution in [0.4, 0.5) is 13.2 Å². The van der Waals surface area contributed by atoms with Gasteiger partial charge in [-0.15, -0.1) is 5.10 Å². The van der Waals surface area contributed by atoms with Crippen molar-refractivity contribution in [3.63, 3.8) is 0 Å². The zero-order chi connectivity index (χ0) is 24.1. The van der Waals surface area contributed by atoms with E-state index < -0.39 is 27.4 Å². The van der Waals surface area contributed by atoms with E-state index in [0.717, 1.165) is 6.20 Å². The Bertz CT molecular complexity index is 1550. The molecule has 0 radical (unpaired) electrons. The second-order valence-corrected chi connectivity index (χ2v) is 9.92. The van der Waals surface area contributed by atoms with E-state index >= 15 is 0 Å². The van der Waals surface area contributed by atoms with Crippen LogP contribution in [0, 0.1) is 0 Å². The third-order valence-corrected chi connectivity index (χ3v) is 6.81. The van der Waals surface area contributed by atoms with Crippen molar-refractivity contribution in [2.24, 2.45) is 0 Å². The zero-order valence-corrected chi connectivity index (χ0v) is 18.8. The number of aromatic nitrogens is 5. The number of alkyl halides is 3. The summed E-state index contributed by atoms with van der Waals surface area (Å²) in [5.74, 6) is -0.695. The van der Waals surface area contributed by atoms with Gasteiger partial charge < -0.3 is 0 Å². The van der Waals surface area contributed by atoms with Crippen LogP contribution in [0.1, 0.15) is 12.6 Å². The summed E-state index contributed by atoms with van der Waals surface area (Å²) in [5, 5.41) is 4.54. The minimum atomic E-state index is -4.79. The van der Waals surface area contributed by atoms with Crippen LogP contribution >= 0.6 is 23.2 Å². The summed E-state index contributed by atoms with van der Waals surface area (Å²) in [6.45, 7) is 1.40. The highest BCUT2D eigenvalue weighted by atomic mass is 35.5. The largest absolute Gasteiger partial charge is 0.434 e. The lowest BCUT2D eigenvalue weighted by molar-refractivity contribution is -0.141. The van der Waals surface area contributed by atoms with Crippen molar-refractivity contribution >= 4 is 38.7 Å². The SMILES string of the molecule is CCS(=O)(=O)c1cc(-c2cc(Cl)cc(Cl)c2)cnc1-n1nc2cnc(C(F)(F)F)cn2c1=O. The van der Waals surface area contributed by atoms with Gasteiger partial charge in [0.25, 0.3) is 0 Å². The topological polar surface area (TPSA) is 99.2 Å². The van der Waals surface area contributed by atoms with Crippen LogP contribution in [-0.2, 0) is 16.0 Å². The Hall–Kier alpha value is -2.96. The van der Waals surface area contributed by atoms with Crippen LogP contribution in [-0.4, -0.2) is 38.3 Å². The van der Waals surface area contributed by atoms with Crippen molar-refractivity contribution in [2.45, 2.75) is 18.0 Å². The average Bonchev–Trinajstić information content (AvgIpc) is 3.08. The Morgan fingerprint density at radius 2 is 1.67 bits per heavy atom. The quantitative estimate of drug-likeness (QED) is 0.404. The lowest BCUT2D eigenvalue weighted by Crippen LogP contribution is -2.23. The maximum atomic E-state index is 13.0. The molecule has 1 aromatic carbocycles. The summed E-state index contributed by atoms with van der Waals surface area (Å²) in [5.41, 5.74) is -1.76. The van der Waals surface area contributed by atoms with Gasteiger partial charge in [-0.05, 0) is 29.8 Å². The Morgan fingerprint density at radius 1 is 1.00 bits per heavy atom. The van der Waals surface area contributed by atoms with Crippen molar-refractivity contribution < 1.29 is 21.6 Å². The first-order valence-corrected chi connectivity index (χ1v) is 11.6. The van der Waals surface area contributed by atoms with E-state index in [1.165, 1.54) is 25.3 Å². The number of sulfone groups is 1. The minimum absolute atomic E-state index is 0.222. The standard InChI is InChI=1S/C19H12Cl2F3N5O3S/c1-2-33(31,32)14-5-11(10-3-12(20)6-13(21)4-10)7-26-17(14)29-18(30)28-9-15(19(22,23)24)25-8-16(28)27-29/h3-9H,2H2,1H3. The van der Waals surface area contributed by atoms with E-state index in [0.29, 0.717) is 36.5 Å². The molecular weight excluding hydrogens is 506 g/mol. The lowest BCUT2D eigenvalue weighted by Gasteiger charge is -2.11. The molecule has 0 bridgehead atoms. The number of rotatable bonds is 4. The van der Waals surface area contributed by atoms with Crippen LogP contribution in [0.5, 0.6) is 0 Å². The Labute approximate surface area is 194 Å². The van der Waals surface area contributed by atoms with E-state index in [9.17, 15) is 26.4 Å². The number of hydrogen-bond donors (Lipinski definition) is 0. The second-order valence-electron chi connectivity index (χ2n) is 6.80. The predicted molar refractivity (Wildman–Crippen MR) is 115 cm³/mol. The van der Waals surface area contributed by atoms with Gasteiger partial charge in [0, 0.05) is 28.0 Å². The molecule has 0 aliphatic heterocycles. The highest BCUT2D eigenvalue weighted by Crippen LogP contribution is 2.30. The molecule has 0 saturated heterocycles. The summed E-state index contributed by atoms with van der Waals surface area (Å²) >= 11 is 12.1. The molecule has 0 amide bonds. The maximum absolute atomic E-state index is 13.0. The van der Waals surface area contributed by atoms with Gasteiger partial charge in [0.15, 0.2) is 27.0 Å².